The molecule has 98 valence electrons. The molecule has 0 spiro atoms. The fourth-order valence-corrected chi connectivity index (χ4v) is 2.57. The number of carbonyl (C=O) groups excluding carboxylic acids is 1. The van der Waals surface area contributed by atoms with Crippen molar-refractivity contribution < 1.29 is 9.18 Å². The second kappa shape index (κ2) is 6.10. The van der Waals surface area contributed by atoms with Crippen LogP contribution < -0.4 is 5.32 Å². The molecule has 1 saturated heterocycles. The highest BCUT2D eigenvalue weighted by Gasteiger charge is 2.26. The monoisotopic (exact) mass is 249 g/mol. The van der Waals surface area contributed by atoms with E-state index in [1.807, 2.05) is 6.92 Å². The van der Waals surface area contributed by atoms with Gasteiger partial charge in [-0.1, -0.05) is 31.9 Å². The van der Waals surface area contributed by atoms with Crippen LogP contribution in [0.4, 0.5) is 4.39 Å². The molecule has 3 heteroatoms. The molecule has 2 unspecified atom stereocenters. The van der Waals surface area contributed by atoms with Gasteiger partial charge in [-0.25, -0.2) is 4.39 Å². The first-order valence-electron chi connectivity index (χ1n) is 6.72. The van der Waals surface area contributed by atoms with Crippen LogP contribution in [0.15, 0.2) is 24.3 Å². The summed E-state index contributed by atoms with van der Waals surface area (Å²) in [7, 11) is 0. The van der Waals surface area contributed by atoms with Crippen LogP contribution in [0, 0.1) is 11.7 Å². The SMILES string of the molecule is CC(C(=O)c1ccccc1F)C1CCCCCN1. The second-order valence-corrected chi connectivity index (χ2v) is 5.04. The Morgan fingerprint density at radius 3 is 2.89 bits per heavy atom. The van der Waals surface area contributed by atoms with Gasteiger partial charge in [-0.05, 0) is 31.5 Å². The fourth-order valence-electron chi connectivity index (χ4n) is 2.57. The highest BCUT2D eigenvalue weighted by atomic mass is 19.1. The van der Waals surface area contributed by atoms with Crippen molar-refractivity contribution >= 4 is 5.78 Å². The Kier molecular flexibility index (Phi) is 4.48. The van der Waals surface area contributed by atoms with Crippen molar-refractivity contribution in [3.63, 3.8) is 0 Å². The van der Waals surface area contributed by atoms with E-state index >= 15 is 0 Å². The first-order chi connectivity index (χ1) is 8.70. The van der Waals surface area contributed by atoms with Crippen molar-refractivity contribution in [2.24, 2.45) is 5.92 Å². The summed E-state index contributed by atoms with van der Waals surface area (Å²) in [6.45, 7) is 2.86. The molecule has 0 aromatic heterocycles. The molecule has 1 aliphatic heterocycles. The van der Waals surface area contributed by atoms with Crippen LogP contribution in [0.1, 0.15) is 43.0 Å². The fraction of sp³-hybridized carbons (Fsp3) is 0.533. The Balaban J connectivity index is 2.10. The topological polar surface area (TPSA) is 29.1 Å². The number of carbonyl (C=O) groups is 1. The maximum Gasteiger partial charge on any atom is 0.170 e. The van der Waals surface area contributed by atoms with Gasteiger partial charge in [0.25, 0.3) is 0 Å². The minimum absolute atomic E-state index is 0.0903. The van der Waals surface area contributed by atoms with Gasteiger partial charge in [0.15, 0.2) is 5.78 Å². The van der Waals surface area contributed by atoms with E-state index in [1.54, 1.807) is 18.2 Å². The van der Waals surface area contributed by atoms with Gasteiger partial charge in [-0.3, -0.25) is 4.79 Å². The van der Waals surface area contributed by atoms with Crippen molar-refractivity contribution in [1.29, 1.82) is 0 Å². The number of ketones is 1. The quantitative estimate of drug-likeness (QED) is 0.834. The lowest BCUT2D eigenvalue weighted by atomic mass is 9.90. The van der Waals surface area contributed by atoms with Gasteiger partial charge in [0, 0.05) is 12.0 Å². The number of hydrogen-bond acceptors (Lipinski definition) is 2. The largest absolute Gasteiger partial charge is 0.313 e. The number of benzene rings is 1. The van der Waals surface area contributed by atoms with Crippen molar-refractivity contribution in [2.45, 2.75) is 38.6 Å². The van der Waals surface area contributed by atoms with E-state index in [0.717, 1.165) is 25.8 Å². The third-order valence-electron chi connectivity index (χ3n) is 3.75. The second-order valence-electron chi connectivity index (χ2n) is 5.04. The van der Waals surface area contributed by atoms with Crippen LogP contribution in [0.5, 0.6) is 0 Å². The number of hydrogen-bond donors (Lipinski definition) is 1. The van der Waals surface area contributed by atoms with Crippen molar-refractivity contribution in [1.82, 2.24) is 5.32 Å². The Bertz CT molecular complexity index is 411. The molecule has 1 aliphatic rings. The van der Waals surface area contributed by atoms with Gasteiger partial charge in [0.2, 0.25) is 0 Å². The average Bonchev–Trinajstić information content (AvgIpc) is 2.66. The molecule has 1 aromatic carbocycles. The Hall–Kier alpha value is -1.22. The van der Waals surface area contributed by atoms with Gasteiger partial charge in [-0.2, -0.15) is 0 Å². The zero-order valence-electron chi connectivity index (χ0n) is 10.8. The van der Waals surface area contributed by atoms with E-state index in [-0.39, 0.29) is 23.3 Å². The normalized spacial score (nSPS) is 22.2. The summed E-state index contributed by atoms with van der Waals surface area (Å²) >= 11 is 0. The van der Waals surface area contributed by atoms with E-state index in [2.05, 4.69) is 5.32 Å². The number of rotatable bonds is 3. The molecule has 2 atom stereocenters. The first kappa shape index (κ1) is 13.2. The van der Waals surface area contributed by atoms with Crippen LogP contribution in [-0.4, -0.2) is 18.4 Å². The molecule has 0 amide bonds. The molecule has 0 radical (unpaired) electrons. The summed E-state index contributed by atoms with van der Waals surface area (Å²) in [6, 6.07) is 6.43. The number of nitrogens with one attached hydrogen (secondary N) is 1. The summed E-state index contributed by atoms with van der Waals surface area (Å²) in [4.78, 5) is 12.3. The summed E-state index contributed by atoms with van der Waals surface area (Å²) in [5.74, 6) is -0.671. The van der Waals surface area contributed by atoms with Crippen LogP contribution in [-0.2, 0) is 0 Å². The highest BCUT2D eigenvalue weighted by molar-refractivity contribution is 5.98. The Morgan fingerprint density at radius 1 is 1.33 bits per heavy atom. The predicted molar refractivity (Wildman–Crippen MR) is 70.2 cm³/mol. The van der Waals surface area contributed by atoms with Gasteiger partial charge in [-0.15, -0.1) is 0 Å². The van der Waals surface area contributed by atoms with E-state index < -0.39 is 5.82 Å². The summed E-state index contributed by atoms with van der Waals surface area (Å²) in [5.41, 5.74) is 0.219. The van der Waals surface area contributed by atoms with Gasteiger partial charge in [0.05, 0.1) is 5.56 Å². The molecule has 2 rings (SSSR count). The van der Waals surface area contributed by atoms with Crippen LogP contribution >= 0.6 is 0 Å². The van der Waals surface area contributed by atoms with Crippen LogP contribution in [0.3, 0.4) is 0 Å². The van der Waals surface area contributed by atoms with E-state index in [4.69, 9.17) is 0 Å². The van der Waals surface area contributed by atoms with Crippen molar-refractivity contribution in [3.8, 4) is 0 Å². The minimum Gasteiger partial charge on any atom is -0.313 e. The predicted octanol–water partition coefficient (Wildman–Crippen LogP) is 3.18. The van der Waals surface area contributed by atoms with Crippen LogP contribution in [0.2, 0.25) is 0 Å². The molecule has 0 saturated carbocycles. The zero-order chi connectivity index (χ0) is 13.0. The number of halogens is 1. The number of Topliss-reactive ketones (excluding diaryl/α,β-unsaturated/α-hetero) is 1. The van der Waals surface area contributed by atoms with Gasteiger partial charge >= 0.3 is 0 Å². The Morgan fingerprint density at radius 2 is 2.11 bits per heavy atom. The van der Waals surface area contributed by atoms with Crippen molar-refractivity contribution in [3.05, 3.63) is 35.6 Å². The molecular formula is C15H20FNO. The van der Waals surface area contributed by atoms with Gasteiger partial charge < -0.3 is 5.32 Å². The molecule has 1 N–H and O–H groups in total. The van der Waals surface area contributed by atoms with E-state index in [0.29, 0.717) is 0 Å². The highest BCUT2D eigenvalue weighted by Crippen LogP contribution is 2.20. The average molecular weight is 249 g/mol. The molecule has 18 heavy (non-hydrogen) atoms. The van der Waals surface area contributed by atoms with Crippen LogP contribution in [0.25, 0.3) is 0 Å². The van der Waals surface area contributed by atoms with E-state index in [9.17, 15) is 9.18 Å². The van der Waals surface area contributed by atoms with Crippen molar-refractivity contribution in [2.75, 3.05) is 6.54 Å². The molecule has 2 nitrogen and oxygen atoms in total. The first-order valence-corrected chi connectivity index (χ1v) is 6.72. The molecule has 1 aromatic rings. The summed E-state index contributed by atoms with van der Waals surface area (Å²) < 4.78 is 13.6. The minimum atomic E-state index is -0.414. The lowest BCUT2D eigenvalue weighted by Gasteiger charge is -2.22. The lowest BCUT2D eigenvalue weighted by molar-refractivity contribution is 0.0896. The third kappa shape index (κ3) is 2.96. The molecule has 1 fully saturated rings. The Labute approximate surface area is 108 Å². The molecule has 0 aliphatic carbocycles. The molecule has 0 bridgehead atoms. The standard InChI is InChI=1S/C15H20FNO/c1-11(14-9-3-2-6-10-17-14)15(18)12-7-4-5-8-13(12)16/h4-5,7-8,11,14,17H,2-3,6,9-10H2,1H3. The summed E-state index contributed by atoms with van der Waals surface area (Å²) in [5, 5.41) is 3.41. The smallest absolute Gasteiger partial charge is 0.170 e. The van der Waals surface area contributed by atoms with E-state index in [1.165, 1.54) is 12.5 Å². The lowest BCUT2D eigenvalue weighted by Crippen LogP contribution is -2.38. The summed E-state index contributed by atoms with van der Waals surface area (Å²) in [6.07, 6.45) is 4.52. The van der Waals surface area contributed by atoms with Gasteiger partial charge in [0.1, 0.15) is 5.82 Å². The maximum atomic E-state index is 13.6. The molecule has 1 heterocycles. The third-order valence-corrected chi connectivity index (χ3v) is 3.75. The maximum absolute atomic E-state index is 13.6. The zero-order valence-corrected chi connectivity index (χ0v) is 10.8. The molecular weight excluding hydrogens is 229 g/mol.